The van der Waals surface area contributed by atoms with Gasteiger partial charge in [0.25, 0.3) is 0 Å². The van der Waals surface area contributed by atoms with Crippen molar-refractivity contribution >= 4 is 81.1 Å². The summed E-state index contributed by atoms with van der Waals surface area (Å²) in [5.74, 6) is 3.26. The van der Waals surface area contributed by atoms with Crippen LogP contribution in [0.1, 0.15) is 116 Å². The molecule has 4 atom stereocenters. The number of amides is 1. The van der Waals surface area contributed by atoms with Crippen LogP contribution in [0.25, 0.3) is 0 Å². The Bertz CT molecular complexity index is 3890. The molecular weight excluding hydrogens is 1330 g/mol. The van der Waals surface area contributed by atoms with Crippen LogP contribution in [0.3, 0.4) is 0 Å². The molecule has 8 aliphatic heterocycles. The van der Waals surface area contributed by atoms with Crippen LogP contribution in [0.2, 0.25) is 10.0 Å². The number of nitrogens with one attached hydrogen (secondary N) is 4. The predicted molar refractivity (Wildman–Crippen MR) is 388 cm³/mol. The number of nitro groups is 2. The minimum Gasteiger partial charge on any atom is -0.396 e. The van der Waals surface area contributed by atoms with Gasteiger partial charge < -0.3 is 56.0 Å². The summed E-state index contributed by atoms with van der Waals surface area (Å²) in [5.41, 5.74) is 8.70. The topological polar surface area (TPSA) is 340 Å². The molecule has 0 spiro atoms. The second-order valence-electron chi connectivity index (χ2n) is 30.5. The number of likely N-dealkylation sites (tertiary alicyclic amines) is 5. The van der Waals surface area contributed by atoms with Crippen molar-refractivity contribution < 1.29 is 14.6 Å². The third kappa shape index (κ3) is 17.2. The molecule has 7 aromatic heterocycles. The van der Waals surface area contributed by atoms with E-state index in [1.165, 1.54) is 31.4 Å². The first-order valence-corrected chi connectivity index (χ1v) is 36.1. The van der Waals surface area contributed by atoms with Gasteiger partial charge in [0.1, 0.15) is 28.6 Å². The first-order valence-electron chi connectivity index (χ1n) is 35.3. The monoisotopic (exact) mass is 1430 g/mol. The number of H-pyrrole nitrogens is 1. The molecule has 6 N–H and O–H groups in total. The average molecular weight is 1430 g/mol. The fourth-order valence-corrected chi connectivity index (χ4v) is 15.9. The maximum absolute atomic E-state index is 12.7. The molecule has 0 unspecified atom stereocenters. The zero-order chi connectivity index (χ0) is 71.4. The number of nitrogens with two attached hydrogens (primary N) is 1. The van der Waals surface area contributed by atoms with E-state index < -0.39 is 9.85 Å². The van der Waals surface area contributed by atoms with Crippen LogP contribution < -0.4 is 31.5 Å². The lowest BCUT2D eigenvalue weighted by Crippen LogP contribution is -2.36. The molecule has 34 heteroatoms. The standard InChI is InChI=1S/C25H35ClN8O.C21H31ClN8.C9H14N4O2.C9H16N4.C3H3N3O2/c1-24-13-32(14-25(24,2)16-33(15-24)22(35)17-4-5-17)21-20(26)11-27-23(30-21)29-18-10-28-34(12-18)19-6-8-31(3)9-7-19;1-20-11-23-12-21(20,2)14-29(13-20)18-17(22)9-24-19(27-18)26-15-8-25-30(10-15)16-4-6-28(3)7-5-16;1-11-4-2-8(3-5-11)12-7-9(6-10-12)13(14)15;1-12-4-2-9(3-5-12)13-7-8(10)6-11-13;7-6(8)3-1-4-5-2-3/h10-12,17,19H,4-9,13-16H2,1-3H3,(H,27,29,30);8-10,16,23H,4-7,11-14H2,1-3H3,(H,24,26,27);6-8H,2-5H2,1H3;6-7,9H,2-5,10H2,1H3;1-2H,(H,4,5)/t24-,25+;20-,21+;;;. The molecule has 9 aliphatic rings. The minimum atomic E-state index is -0.510. The summed E-state index contributed by atoms with van der Waals surface area (Å²) in [6.45, 7) is 25.3. The number of hydrogen-bond acceptors (Lipinski definition) is 24. The zero-order valence-electron chi connectivity index (χ0n) is 59.4. The van der Waals surface area contributed by atoms with Crippen LogP contribution in [0.15, 0.2) is 74.4 Å². The molecule has 7 aromatic rings. The number of halogens is 2. The quantitative estimate of drug-likeness (QED) is 0.0535. The van der Waals surface area contributed by atoms with E-state index in [0.29, 0.717) is 52.0 Å². The number of rotatable bonds is 13. The van der Waals surface area contributed by atoms with Gasteiger partial charge in [0, 0.05) is 98.5 Å². The van der Waals surface area contributed by atoms with Gasteiger partial charge in [-0.1, -0.05) is 50.9 Å². The summed E-state index contributed by atoms with van der Waals surface area (Å²) in [7, 11) is 8.59. The van der Waals surface area contributed by atoms with Gasteiger partial charge in [-0.05, 0) is 145 Å². The van der Waals surface area contributed by atoms with Crippen molar-refractivity contribution in [2.24, 2.45) is 27.6 Å². The van der Waals surface area contributed by atoms with Crippen LogP contribution in [0.5, 0.6) is 0 Å². The Morgan fingerprint density at radius 3 is 1.26 bits per heavy atom. The van der Waals surface area contributed by atoms with Crippen LogP contribution in [0, 0.1) is 47.8 Å². The highest BCUT2D eigenvalue weighted by atomic mass is 35.5. The number of aromatic nitrogens is 14. The molecule has 546 valence electrons. The molecule has 0 bridgehead atoms. The molecular formula is C67H99Cl2N27O5. The molecule has 1 saturated carbocycles. The summed E-state index contributed by atoms with van der Waals surface area (Å²) in [6, 6.07) is 1.75. The van der Waals surface area contributed by atoms with E-state index in [0.717, 1.165) is 191 Å². The van der Waals surface area contributed by atoms with Gasteiger partial charge in [-0.25, -0.2) is 9.97 Å². The number of carbonyl (C=O) groups is 1. The number of hydrogen-bond donors (Lipinski definition) is 5. The summed E-state index contributed by atoms with van der Waals surface area (Å²) in [6.07, 6.45) is 31.0. The fourth-order valence-electron chi connectivity index (χ4n) is 15.4. The number of aromatic amines is 1. The SMILES string of the molecule is CN1CCC(n2cc(N)cn2)CC1.CN1CCC(n2cc(Nc3ncc(Cl)c(N4C[C@]5(C)CN(C(=O)C6CC6)C[C@]5(C)C4)n3)cn2)CC1.CN1CCC(n2cc(Nc3ncc(Cl)c(N4C[C@]5(C)CNC[C@]5(C)C4)n3)cn2)CC1.CN1CCC(n2cc([N+](=O)[O-])cn2)CC1.O=[N+]([O-])c1cn[nH]c1. The smallest absolute Gasteiger partial charge is 0.307 e. The van der Waals surface area contributed by atoms with Crippen molar-refractivity contribution in [1.82, 2.24) is 99.1 Å². The van der Waals surface area contributed by atoms with Gasteiger partial charge in [0.15, 0.2) is 11.6 Å². The van der Waals surface area contributed by atoms with E-state index >= 15 is 0 Å². The van der Waals surface area contributed by atoms with Gasteiger partial charge in [0.2, 0.25) is 17.8 Å². The number of carbonyl (C=O) groups excluding carboxylic acids is 1. The summed E-state index contributed by atoms with van der Waals surface area (Å²) in [4.78, 5) is 66.6. The third-order valence-corrected chi connectivity index (χ3v) is 23.1. The molecule has 32 nitrogen and oxygen atoms in total. The summed E-state index contributed by atoms with van der Waals surface area (Å²) < 4.78 is 7.86. The van der Waals surface area contributed by atoms with Gasteiger partial charge in [-0.3, -0.25) is 48.8 Å². The highest BCUT2D eigenvalue weighted by Crippen LogP contribution is 2.54. The third-order valence-electron chi connectivity index (χ3n) is 22.6. The molecule has 0 aromatic carbocycles. The highest BCUT2D eigenvalue weighted by Gasteiger charge is 2.60. The number of nitrogen functional groups attached to an aromatic ring is 1. The largest absolute Gasteiger partial charge is 0.396 e. The van der Waals surface area contributed by atoms with E-state index in [1.807, 2.05) is 29.5 Å². The predicted octanol–water partition coefficient (Wildman–Crippen LogP) is 8.30. The second kappa shape index (κ2) is 30.8. The maximum Gasteiger partial charge on any atom is 0.307 e. The highest BCUT2D eigenvalue weighted by molar-refractivity contribution is 6.33. The first kappa shape index (κ1) is 72.6. The van der Waals surface area contributed by atoms with Crippen LogP contribution >= 0.6 is 23.2 Å². The fraction of sp³-hybridized carbons (Fsp3) is 0.642. The Hall–Kier alpha value is -8.14. The number of piperidine rings is 4. The van der Waals surface area contributed by atoms with E-state index in [-0.39, 0.29) is 39.0 Å². The first-order chi connectivity index (χ1) is 48.3. The molecule has 101 heavy (non-hydrogen) atoms. The van der Waals surface area contributed by atoms with Gasteiger partial charge in [-0.2, -0.15) is 35.5 Å². The van der Waals surface area contributed by atoms with E-state index in [1.54, 1.807) is 23.3 Å². The van der Waals surface area contributed by atoms with Crippen molar-refractivity contribution in [3.8, 4) is 0 Å². The van der Waals surface area contributed by atoms with E-state index in [2.05, 4.69) is 162 Å². The molecule has 8 saturated heterocycles. The minimum absolute atomic E-state index is 0.00856. The van der Waals surface area contributed by atoms with Crippen molar-refractivity contribution in [2.75, 3.05) is 159 Å². The van der Waals surface area contributed by atoms with Crippen LogP contribution in [-0.4, -0.2) is 242 Å². The normalized spacial score (nSPS) is 25.4. The van der Waals surface area contributed by atoms with Gasteiger partial charge in [0.05, 0.1) is 88.3 Å². The molecule has 16 rings (SSSR count). The van der Waals surface area contributed by atoms with Crippen molar-refractivity contribution in [3.05, 3.63) is 105 Å². The van der Waals surface area contributed by atoms with Crippen LogP contribution in [0.4, 0.5) is 52.0 Å². The van der Waals surface area contributed by atoms with Crippen molar-refractivity contribution in [3.63, 3.8) is 0 Å². The molecule has 15 heterocycles. The molecule has 1 aliphatic carbocycles. The van der Waals surface area contributed by atoms with E-state index in [4.69, 9.17) is 38.9 Å². The lowest BCUT2D eigenvalue weighted by molar-refractivity contribution is -0.385. The Morgan fingerprint density at radius 1 is 0.515 bits per heavy atom. The zero-order valence-corrected chi connectivity index (χ0v) is 60.9. The van der Waals surface area contributed by atoms with Crippen LogP contribution in [-0.2, 0) is 4.79 Å². The van der Waals surface area contributed by atoms with Crippen molar-refractivity contribution in [1.29, 1.82) is 0 Å². The molecule has 9 fully saturated rings. The Balaban J connectivity index is 0.000000131. The Labute approximate surface area is 599 Å². The maximum atomic E-state index is 12.7. The molecule has 0 radical (unpaired) electrons. The number of fused-ring (bicyclic) bond motifs is 2. The Morgan fingerprint density at radius 2 is 0.901 bits per heavy atom. The Kier molecular flexibility index (Phi) is 22.2. The number of anilines is 7. The summed E-state index contributed by atoms with van der Waals surface area (Å²) >= 11 is 13.1. The van der Waals surface area contributed by atoms with Gasteiger partial charge >= 0.3 is 11.4 Å². The lowest BCUT2D eigenvalue weighted by atomic mass is 9.71. The second-order valence-corrected chi connectivity index (χ2v) is 31.3. The number of nitrogens with zero attached hydrogens (tertiary/aromatic N) is 22. The van der Waals surface area contributed by atoms with Gasteiger partial charge in [-0.15, -0.1) is 0 Å². The lowest BCUT2D eigenvalue weighted by Gasteiger charge is -2.30. The molecule has 1 amide bonds. The van der Waals surface area contributed by atoms with Crippen molar-refractivity contribution in [2.45, 2.75) is 116 Å². The average Bonchev–Trinajstić information content (AvgIpc) is 1.57. The van der Waals surface area contributed by atoms with E-state index in [9.17, 15) is 25.0 Å². The summed E-state index contributed by atoms with van der Waals surface area (Å²) in [5, 5.41) is 54.8.